The third kappa shape index (κ3) is 3.08. The van der Waals surface area contributed by atoms with Crippen molar-refractivity contribution in [2.75, 3.05) is 0 Å². The molecule has 3 heteroatoms. The van der Waals surface area contributed by atoms with Crippen molar-refractivity contribution in [3.05, 3.63) is 16.1 Å². The lowest BCUT2D eigenvalue weighted by molar-refractivity contribution is 0.260. The Balaban J connectivity index is 1.47. The molecular formula is C14H22N2S. The second kappa shape index (κ2) is 5.07. The van der Waals surface area contributed by atoms with E-state index in [0.29, 0.717) is 0 Å². The normalized spacial score (nSPS) is 29.5. The lowest BCUT2D eigenvalue weighted by Gasteiger charge is -2.29. The fourth-order valence-corrected chi connectivity index (χ4v) is 3.89. The molecule has 2 fully saturated rings. The molecule has 2 aliphatic rings. The molecule has 0 aromatic carbocycles. The monoisotopic (exact) mass is 250 g/mol. The van der Waals surface area contributed by atoms with E-state index in [0.717, 1.165) is 24.4 Å². The highest BCUT2D eigenvalue weighted by atomic mass is 32.1. The van der Waals surface area contributed by atoms with E-state index >= 15 is 0 Å². The Morgan fingerprint density at radius 3 is 2.88 bits per heavy atom. The van der Waals surface area contributed by atoms with E-state index < -0.39 is 0 Å². The first-order chi connectivity index (χ1) is 8.31. The lowest BCUT2D eigenvalue weighted by atomic mass is 9.83. The van der Waals surface area contributed by atoms with Crippen LogP contribution in [-0.2, 0) is 6.54 Å². The highest BCUT2D eigenvalue weighted by Crippen LogP contribution is 2.43. The summed E-state index contributed by atoms with van der Waals surface area (Å²) in [6.45, 7) is 3.10. The first-order valence-electron chi connectivity index (χ1n) is 6.96. The number of hydrogen-bond acceptors (Lipinski definition) is 3. The molecule has 3 rings (SSSR count). The molecule has 0 bridgehead atoms. The van der Waals surface area contributed by atoms with Crippen molar-refractivity contribution in [3.63, 3.8) is 0 Å². The van der Waals surface area contributed by atoms with Crippen LogP contribution in [-0.4, -0.2) is 11.0 Å². The third-order valence-corrected chi connectivity index (χ3v) is 5.15. The Bertz CT molecular complexity index is 370. The predicted octanol–water partition coefficient (Wildman–Crippen LogP) is 3.51. The van der Waals surface area contributed by atoms with Crippen molar-refractivity contribution in [1.82, 2.24) is 10.3 Å². The first-order valence-corrected chi connectivity index (χ1v) is 7.77. The summed E-state index contributed by atoms with van der Waals surface area (Å²) in [4.78, 5) is 5.70. The standard InChI is InChI=1S/C14H22N2S/c1-10-15-8-14(17-10)9-16-13-4-2-3-12(7-13)11-5-6-11/h8,11-13,16H,2-7,9H2,1H3. The third-order valence-electron chi connectivity index (χ3n) is 4.24. The Kier molecular flexibility index (Phi) is 3.48. The van der Waals surface area contributed by atoms with Gasteiger partial charge in [0.1, 0.15) is 0 Å². The van der Waals surface area contributed by atoms with Gasteiger partial charge in [0.2, 0.25) is 0 Å². The van der Waals surface area contributed by atoms with Gasteiger partial charge in [0.15, 0.2) is 0 Å². The van der Waals surface area contributed by atoms with Gasteiger partial charge in [-0.05, 0) is 44.4 Å². The maximum absolute atomic E-state index is 4.31. The van der Waals surface area contributed by atoms with E-state index in [2.05, 4.69) is 17.2 Å². The van der Waals surface area contributed by atoms with E-state index in [9.17, 15) is 0 Å². The van der Waals surface area contributed by atoms with Crippen LogP contribution in [0.4, 0.5) is 0 Å². The van der Waals surface area contributed by atoms with Crippen LogP contribution in [0.25, 0.3) is 0 Å². The first kappa shape index (κ1) is 11.7. The molecule has 0 amide bonds. The van der Waals surface area contributed by atoms with Gasteiger partial charge in [0.25, 0.3) is 0 Å². The van der Waals surface area contributed by atoms with E-state index in [4.69, 9.17) is 0 Å². The highest BCUT2D eigenvalue weighted by molar-refractivity contribution is 7.11. The van der Waals surface area contributed by atoms with Crippen molar-refractivity contribution in [1.29, 1.82) is 0 Å². The van der Waals surface area contributed by atoms with Crippen LogP contribution in [0.2, 0.25) is 0 Å². The molecule has 2 aliphatic carbocycles. The average molecular weight is 250 g/mol. The van der Waals surface area contributed by atoms with Crippen molar-refractivity contribution in [2.45, 2.75) is 58.0 Å². The van der Waals surface area contributed by atoms with E-state index in [1.807, 2.05) is 17.5 Å². The average Bonchev–Trinajstić information content (AvgIpc) is 3.11. The van der Waals surface area contributed by atoms with Crippen LogP contribution in [0.3, 0.4) is 0 Å². The van der Waals surface area contributed by atoms with Gasteiger partial charge in [0.05, 0.1) is 5.01 Å². The quantitative estimate of drug-likeness (QED) is 0.884. The van der Waals surface area contributed by atoms with E-state index in [1.54, 1.807) is 0 Å². The molecule has 2 saturated carbocycles. The summed E-state index contributed by atoms with van der Waals surface area (Å²) in [6, 6.07) is 0.761. The Hall–Kier alpha value is -0.410. The number of nitrogens with zero attached hydrogens (tertiary/aromatic N) is 1. The van der Waals surface area contributed by atoms with Crippen molar-refractivity contribution in [3.8, 4) is 0 Å². The Morgan fingerprint density at radius 2 is 2.18 bits per heavy atom. The van der Waals surface area contributed by atoms with Crippen LogP contribution >= 0.6 is 11.3 Å². The summed E-state index contributed by atoms with van der Waals surface area (Å²) in [5.74, 6) is 2.12. The van der Waals surface area contributed by atoms with Gasteiger partial charge in [-0.15, -0.1) is 11.3 Å². The number of rotatable bonds is 4. The van der Waals surface area contributed by atoms with Gasteiger partial charge in [-0.25, -0.2) is 4.98 Å². The number of thiazole rings is 1. The molecule has 1 aromatic heterocycles. The summed E-state index contributed by atoms with van der Waals surface area (Å²) in [6.07, 6.45) is 10.7. The smallest absolute Gasteiger partial charge is 0.0897 e. The fraction of sp³-hybridized carbons (Fsp3) is 0.786. The molecule has 1 aromatic rings. The van der Waals surface area contributed by atoms with Gasteiger partial charge in [0, 0.05) is 23.7 Å². The molecule has 0 radical (unpaired) electrons. The van der Waals surface area contributed by atoms with Crippen LogP contribution in [0.15, 0.2) is 6.20 Å². The molecule has 94 valence electrons. The zero-order valence-electron chi connectivity index (χ0n) is 10.6. The van der Waals surface area contributed by atoms with Crippen LogP contribution in [0.1, 0.15) is 48.4 Å². The minimum Gasteiger partial charge on any atom is -0.309 e. The van der Waals surface area contributed by atoms with E-state index in [-0.39, 0.29) is 0 Å². The zero-order chi connectivity index (χ0) is 11.7. The Morgan fingerprint density at radius 1 is 1.29 bits per heavy atom. The number of aromatic nitrogens is 1. The molecule has 2 atom stereocenters. The van der Waals surface area contributed by atoms with E-state index in [1.165, 1.54) is 48.4 Å². The molecule has 2 nitrogen and oxygen atoms in total. The lowest BCUT2D eigenvalue weighted by Crippen LogP contribution is -2.34. The number of nitrogens with one attached hydrogen (secondary N) is 1. The second-order valence-corrected chi connectivity index (χ2v) is 7.01. The molecule has 0 spiro atoms. The van der Waals surface area contributed by atoms with Crippen molar-refractivity contribution >= 4 is 11.3 Å². The minimum absolute atomic E-state index is 0.761. The zero-order valence-corrected chi connectivity index (χ0v) is 11.4. The van der Waals surface area contributed by atoms with Gasteiger partial charge in [-0.2, -0.15) is 0 Å². The fourth-order valence-electron chi connectivity index (χ4n) is 3.14. The maximum atomic E-state index is 4.31. The Labute approximate surface area is 108 Å². The molecular weight excluding hydrogens is 228 g/mol. The molecule has 1 N–H and O–H groups in total. The molecule has 0 saturated heterocycles. The highest BCUT2D eigenvalue weighted by Gasteiger charge is 2.34. The summed E-state index contributed by atoms with van der Waals surface area (Å²) in [5, 5.41) is 4.92. The molecule has 2 unspecified atom stereocenters. The number of hydrogen-bond donors (Lipinski definition) is 1. The van der Waals surface area contributed by atoms with Crippen molar-refractivity contribution in [2.24, 2.45) is 11.8 Å². The van der Waals surface area contributed by atoms with Gasteiger partial charge in [-0.3, -0.25) is 0 Å². The second-order valence-electron chi connectivity index (χ2n) is 5.69. The number of aryl methyl sites for hydroxylation is 1. The van der Waals surface area contributed by atoms with Crippen molar-refractivity contribution < 1.29 is 0 Å². The summed E-state index contributed by atoms with van der Waals surface area (Å²) in [7, 11) is 0. The molecule has 17 heavy (non-hydrogen) atoms. The molecule has 0 aliphatic heterocycles. The van der Waals surface area contributed by atoms with Crippen LogP contribution < -0.4 is 5.32 Å². The largest absolute Gasteiger partial charge is 0.309 e. The van der Waals surface area contributed by atoms with Crippen LogP contribution in [0.5, 0.6) is 0 Å². The summed E-state index contributed by atoms with van der Waals surface area (Å²) < 4.78 is 0. The topological polar surface area (TPSA) is 24.9 Å². The molecule has 1 heterocycles. The van der Waals surface area contributed by atoms with Crippen LogP contribution in [0, 0.1) is 18.8 Å². The van der Waals surface area contributed by atoms with Gasteiger partial charge >= 0.3 is 0 Å². The van der Waals surface area contributed by atoms with Gasteiger partial charge < -0.3 is 5.32 Å². The predicted molar refractivity (Wildman–Crippen MR) is 72.2 cm³/mol. The maximum Gasteiger partial charge on any atom is 0.0897 e. The SMILES string of the molecule is Cc1ncc(CNC2CCCC(C3CC3)C2)s1. The summed E-state index contributed by atoms with van der Waals surface area (Å²) in [5.41, 5.74) is 0. The summed E-state index contributed by atoms with van der Waals surface area (Å²) >= 11 is 1.82. The minimum atomic E-state index is 0.761. The van der Waals surface area contributed by atoms with Gasteiger partial charge in [-0.1, -0.05) is 12.8 Å².